The first-order valence-electron chi connectivity index (χ1n) is 4.87. The fourth-order valence-electron chi connectivity index (χ4n) is 1.46. The van der Waals surface area contributed by atoms with E-state index in [4.69, 9.17) is 11.6 Å². The van der Waals surface area contributed by atoms with Crippen LogP contribution in [0.3, 0.4) is 0 Å². The maximum Gasteiger partial charge on any atom is 0.402 e. The minimum absolute atomic E-state index is 0.207. The summed E-state index contributed by atoms with van der Waals surface area (Å²) in [7, 11) is 0. The van der Waals surface area contributed by atoms with Crippen LogP contribution in [0, 0.1) is 12.8 Å². The summed E-state index contributed by atoms with van der Waals surface area (Å²) in [5.41, 5.74) is 0.514. The largest absolute Gasteiger partial charge is 0.402 e. The van der Waals surface area contributed by atoms with Gasteiger partial charge in [-0.1, -0.05) is 29.8 Å². The summed E-state index contributed by atoms with van der Waals surface area (Å²) in [4.78, 5) is 0. The van der Waals surface area contributed by atoms with Crippen molar-refractivity contribution in [2.45, 2.75) is 24.7 Å². The van der Waals surface area contributed by atoms with Gasteiger partial charge in [-0.05, 0) is 12.5 Å². The van der Waals surface area contributed by atoms with Crippen LogP contribution in [-0.2, 0) is 0 Å². The van der Waals surface area contributed by atoms with Gasteiger partial charge in [0.15, 0.2) is 5.92 Å². The van der Waals surface area contributed by atoms with Crippen molar-refractivity contribution in [3.8, 4) is 0 Å². The fourth-order valence-corrected chi connectivity index (χ4v) is 1.89. The van der Waals surface area contributed by atoms with Gasteiger partial charge >= 0.3 is 12.4 Å². The van der Waals surface area contributed by atoms with Crippen LogP contribution >= 0.6 is 11.6 Å². The minimum Gasteiger partial charge on any atom is -0.170 e. The van der Waals surface area contributed by atoms with E-state index in [9.17, 15) is 26.3 Å². The number of halogens is 7. The van der Waals surface area contributed by atoms with Crippen LogP contribution in [0.2, 0.25) is 0 Å². The average Bonchev–Trinajstić information content (AvgIpc) is 2.13. The molecule has 0 heterocycles. The molecular formula is C11H9ClF6. The number of aryl methyl sites for hydroxylation is 1. The normalized spacial score (nSPS) is 14.9. The summed E-state index contributed by atoms with van der Waals surface area (Å²) in [6, 6.07) is 5.15. The predicted octanol–water partition coefficient (Wildman–Crippen LogP) is 5.02. The lowest BCUT2D eigenvalue weighted by Gasteiger charge is -2.27. The van der Waals surface area contributed by atoms with Gasteiger partial charge in [-0.25, -0.2) is 0 Å². The van der Waals surface area contributed by atoms with E-state index < -0.39 is 23.6 Å². The lowest BCUT2D eigenvalue weighted by Crippen LogP contribution is -2.39. The lowest BCUT2D eigenvalue weighted by atomic mass is 9.97. The van der Waals surface area contributed by atoms with Crippen LogP contribution in [0.1, 0.15) is 16.5 Å². The average molecular weight is 291 g/mol. The highest BCUT2D eigenvalue weighted by Crippen LogP contribution is 2.49. The number of hydrogen-bond donors (Lipinski definition) is 0. The number of hydrogen-bond acceptors (Lipinski definition) is 0. The summed E-state index contributed by atoms with van der Waals surface area (Å²) in [5, 5.41) is -2.19. The summed E-state index contributed by atoms with van der Waals surface area (Å²) in [5.74, 6) is -3.57. The van der Waals surface area contributed by atoms with E-state index in [1.165, 1.54) is 12.1 Å². The van der Waals surface area contributed by atoms with Crippen molar-refractivity contribution in [1.29, 1.82) is 0 Å². The highest BCUT2D eigenvalue weighted by Gasteiger charge is 2.60. The first kappa shape index (κ1) is 15.1. The van der Waals surface area contributed by atoms with E-state index >= 15 is 0 Å². The van der Waals surface area contributed by atoms with Gasteiger partial charge in [0.1, 0.15) is 0 Å². The molecule has 102 valence electrons. The maximum atomic E-state index is 12.4. The van der Waals surface area contributed by atoms with E-state index in [0.29, 0.717) is 0 Å². The zero-order chi connectivity index (χ0) is 14.1. The molecule has 7 heteroatoms. The topological polar surface area (TPSA) is 0 Å². The fraction of sp³-hybridized carbons (Fsp3) is 0.455. The molecule has 0 spiro atoms. The maximum absolute atomic E-state index is 12.4. The Morgan fingerprint density at radius 2 is 1.28 bits per heavy atom. The van der Waals surface area contributed by atoms with E-state index in [-0.39, 0.29) is 5.56 Å². The molecule has 1 rings (SSSR count). The molecule has 1 unspecified atom stereocenters. The second-order valence-corrected chi connectivity index (χ2v) is 4.34. The molecule has 0 radical (unpaired) electrons. The molecule has 0 saturated carbocycles. The van der Waals surface area contributed by atoms with Gasteiger partial charge in [-0.2, -0.15) is 26.3 Å². The molecule has 0 aliphatic carbocycles. The third-order valence-electron chi connectivity index (χ3n) is 2.39. The Balaban J connectivity index is 3.11. The van der Waals surface area contributed by atoms with Gasteiger partial charge in [0.25, 0.3) is 0 Å². The second-order valence-electron chi connectivity index (χ2n) is 3.87. The molecule has 0 saturated heterocycles. The number of rotatable bonds is 2. The van der Waals surface area contributed by atoms with E-state index in [0.717, 1.165) is 17.7 Å². The van der Waals surface area contributed by atoms with Gasteiger partial charge in [0.2, 0.25) is 0 Å². The molecule has 0 aliphatic rings. The van der Waals surface area contributed by atoms with Gasteiger partial charge < -0.3 is 0 Å². The van der Waals surface area contributed by atoms with Gasteiger partial charge in [-0.15, -0.1) is 11.6 Å². The summed E-state index contributed by atoms with van der Waals surface area (Å²) in [6.07, 6.45) is -10.9. The second kappa shape index (κ2) is 4.99. The molecule has 1 aromatic rings. The Hall–Kier alpha value is -0.910. The van der Waals surface area contributed by atoms with Crippen LogP contribution < -0.4 is 0 Å². The highest BCUT2D eigenvalue weighted by atomic mass is 35.5. The molecule has 0 aliphatic heterocycles. The van der Waals surface area contributed by atoms with Gasteiger partial charge in [0.05, 0.1) is 5.38 Å². The molecule has 18 heavy (non-hydrogen) atoms. The molecule has 0 N–H and O–H groups in total. The highest BCUT2D eigenvalue weighted by molar-refractivity contribution is 6.21. The van der Waals surface area contributed by atoms with Crippen molar-refractivity contribution < 1.29 is 26.3 Å². The molecule has 0 aromatic heterocycles. The molecule has 1 aromatic carbocycles. The Bertz CT molecular complexity index is 377. The Kier molecular flexibility index (Phi) is 4.20. The van der Waals surface area contributed by atoms with Gasteiger partial charge in [-0.3, -0.25) is 0 Å². The quantitative estimate of drug-likeness (QED) is 0.530. The summed E-state index contributed by atoms with van der Waals surface area (Å²) < 4.78 is 74.6. The molecule has 0 amide bonds. The van der Waals surface area contributed by atoms with E-state index in [2.05, 4.69) is 0 Å². The van der Waals surface area contributed by atoms with Crippen LogP contribution in [0.15, 0.2) is 24.3 Å². The third kappa shape index (κ3) is 3.54. The molecule has 0 bridgehead atoms. The van der Waals surface area contributed by atoms with E-state index in [1.54, 1.807) is 6.92 Å². The smallest absolute Gasteiger partial charge is 0.170 e. The zero-order valence-electron chi connectivity index (χ0n) is 9.11. The lowest BCUT2D eigenvalue weighted by molar-refractivity contribution is -0.284. The van der Waals surface area contributed by atoms with Crippen LogP contribution in [0.5, 0.6) is 0 Å². The molecule has 1 atom stereocenters. The first-order chi connectivity index (χ1) is 8.03. The Morgan fingerprint density at radius 1 is 0.889 bits per heavy atom. The third-order valence-corrected chi connectivity index (χ3v) is 2.90. The first-order valence-corrected chi connectivity index (χ1v) is 5.31. The van der Waals surface area contributed by atoms with Crippen molar-refractivity contribution in [2.75, 3.05) is 0 Å². The Labute approximate surface area is 105 Å². The number of benzene rings is 1. The van der Waals surface area contributed by atoms with Crippen LogP contribution in [-0.4, -0.2) is 12.4 Å². The van der Waals surface area contributed by atoms with Crippen LogP contribution in [0.4, 0.5) is 26.3 Å². The Morgan fingerprint density at radius 3 is 1.61 bits per heavy atom. The van der Waals surface area contributed by atoms with Crippen molar-refractivity contribution in [1.82, 2.24) is 0 Å². The molecule has 0 fully saturated rings. The SMILES string of the molecule is Cc1ccc(C(Cl)C(C(F)(F)F)C(F)(F)F)cc1. The van der Waals surface area contributed by atoms with Crippen LogP contribution in [0.25, 0.3) is 0 Å². The molecule has 0 nitrogen and oxygen atoms in total. The van der Waals surface area contributed by atoms with Crippen molar-refractivity contribution in [3.05, 3.63) is 35.4 Å². The van der Waals surface area contributed by atoms with Crippen molar-refractivity contribution in [3.63, 3.8) is 0 Å². The number of alkyl halides is 7. The van der Waals surface area contributed by atoms with Crippen molar-refractivity contribution in [2.24, 2.45) is 5.92 Å². The van der Waals surface area contributed by atoms with Crippen molar-refractivity contribution >= 4 is 11.6 Å². The summed E-state index contributed by atoms with van der Waals surface area (Å²) in [6.45, 7) is 1.66. The van der Waals surface area contributed by atoms with E-state index in [1.807, 2.05) is 0 Å². The monoisotopic (exact) mass is 290 g/mol. The summed E-state index contributed by atoms with van der Waals surface area (Å²) >= 11 is 5.35. The molecular weight excluding hydrogens is 282 g/mol. The zero-order valence-corrected chi connectivity index (χ0v) is 9.87. The predicted molar refractivity (Wildman–Crippen MR) is 55.4 cm³/mol. The standard InChI is InChI=1S/C11H9ClF6/c1-6-2-4-7(5-3-6)8(12)9(10(13,14)15)11(16,17)18/h2-5,8-9H,1H3. The van der Waals surface area contributed by atoms with Gasteiger partial charge in [0, 0.05) is 0 Å². The minimum atomic E-state index is -5.43.